The zero-order valence-electron chi connectivity index (χ0n) is 12.3. The van der Waals surface area contributed by atoms with Crippen LogP contribution in [0.25, 0.3) is 0 Å². The molecule has 1 N–H and O–H groups in total. The largest absolute Gasteiger partial charge is 0.265 e. The number of rotatable bonds is 5. The first-order chi connectivity index (χ1) is 11.7. The van der Waals surface area contributed by atoms with Crippen molar-refractivity contribution in [3.63, 3.8) is 0 Å². The molecule has 0 aliphatic heterocycles. The van der Waals surface area contributed by atoms with Crippen LogP contribution in [0.2, 0.25) is 10.0 Å². The highest BCUT2D eigenvalue weighted by Gasteiger charge is 2.01. The lowest BCUT2D eigenvalue weighted by Gasteiger charge is -2.00. The highest BCUT2D eigenvalue weighted by atomic mass is 35.5. The fourth-order valence-electron chi connectivity index (χ4n) is 1.83. The third-order valence-corrected chi connectivity index (χ3v) is 3.72. The zero-order chi connectivity index (χ0) is 16.8. The Morgan fingerprint density at radius 2 is 1.54 bits per heavy atom. The molecule has 1 aromatic heterocycles. The molecule has 0 spiro atoms. The van der Waals surface area contributed by atoms with Gasteiger partial charge in [-0.05, 0) is 12.1 Å². The average Bonchev–Trinajstić information content (AvgIpc) is 3.03. The molecule has 0 aliphatic rings. The smallest absolute Gasteiger partial charge is 0.244 e. The van der Waals surface area contributed by atoms with Gasteiger partial charge in [-0.25, -0.2) is 5.43 Å². The third-order valence-electron chi connectivity index (χ3n) is 3.03. The maximum Gasteiger partial charge on any atom is 0.265 e. The second-order valence-corrected chi connectivity index (χ2v) is 5.47. The van der Waals surface area contributed by atoms with Crippen LogP contribution in [0, 0.1) is 0 Å². The van der Waals surface area contributed by atoms with Gasteiger partial charge in [0.1, 0.15) is 6.33 Å². The molecule has 8 heteroatoms. The Kier molecular flexibility index (Phi) is 5.20. The van der Waals surface area contributed by atoms with Crippen LogP contribution in [0.3, 0.4) is 0 Å². The Morgan fingerprint density at radius 3 is 2.21 bits per heavy atom. The zero-order valence-corrected chi connectivity index (χ0v) is 13.9. The second-order valence-electron chi connectivity index (χ2n) is 4.66. The molecule has 1 heterocycles. The summed E-state index contributed by atoms with van der Waals surface area (Å²) in [7, 11) is 0. The predicted molar refractivity (Wildman–Crippen MR) is 97.1 cm³/mol. The fraction of sp³-hybridized carbons (Fsp3) is 0. The number of nitrogens with zero attached hydrogens (tertiary/aromatic N) is 5. The standard InChI is InChI=1S/C16H12Cl2N6/c17-14-7-3-1-5-12(14)9-19-22-16-23-20-11-24(16)21-10-13-6-2-4-8-15(13)18/h1-11H,(H,22,23)/b19-9-,21-10+. The van der Waals surface area contributed by atoms with Crippen molar-refractivity contribution >= 4 is 41.6 Å². The molecule has 0 saturated heterocycles. The van der Waals surface area contributed by atoms with Gasteiger partial charge in [0.05, 0.1) is 12.4 Å². The van der Waals surface area contributed by atoms with Gasteiger partial charge >= 0.3 is 0 Å². The lowest BCUT2D eigenvalue weighted by atomic mass is 10.2. The van der Waals surface area contributed by atoms with Gasteiger partial charge in [-0.1, -0.05) is 59.6 Å². The number of hydrogen-bond acceptors (Lipinski definition) is 5. The molecular weight excluding hydrogens is 347 g/mol. The van der Waals surface area contributed by atoms with Crippen LogP contribution in [-0.2, 0) is 0 Å². The van der Waals surface area contributed by atoms with E-state index >= 15 is 0 Å². The highest BCUT2D eigenvalue weighted by molar-refractivity contribution is 6.33. The Hall–Kier alpha value is -2.70. The van der Waals surface area contributed by atoms with E-state index in [0.717, 1.165) is 11.1 Å². The molecule has 24 heavy (non-hydrogen) atoms. The van der Waals surface area contributed by atoms with Gasteiger partial charge in [-0.3, -0.25) is 0 Å². The molecule has 0 aliphatic carbocycles. The van der Waals surface area contributed by atoms with Crippen molar-refractivity contribution in [3.05, 3.63) is 76.0 Å². The maximum absolute atomic E-state index is 6.09. The number of hydrazone groups is 1. The molecule has 0 bridgehead atoms. The van der Waals surface area contributed by atoms with E-state index in [1.807, 2.05) is 36.4 Å². The first kappa shape index (κ1) is 16.2. The van der Waals surface area contributed by atoms with Crippen LogP contribution >= 0.6 is 23.2 Å². The highest BCUT2D eigenvalue weighted by Crippen LogP contribution is 2.14. The van der Waals surface area contributed by atoms with Crippen molar-refractivity contribution in [3.8, 4) is 0 Å². The number of nitrogens with one attached hydrogen (secondary N) is 1. The molecule has 3 rings (SSSR count). The molecular formula is C16H12Cl2N6. The van der Waals surface area contributed by atoms with E-state index < -0.39 is 0 Å². The topological polar surface area (TPSA) is 67.5 Å². The third kappa shape index (κ3) is 3.98. The summed E-state index contributed by atoms with van der Waals surface area (Å²) < 4.78 is 1.45. The van der Waals surface area contributed by atoms with Crippen LogP contribution in [0.4, 0.5) is 5.95 Å². The van der Waals surface area contributed by atoms with Crippen molar-refractivity contribution in [2.24, 2.45) is 10.2 Å². The van der Waals surface area contributed by atoms with Gasteiger partial charge in [0.15, 0.2) is 0 Å². The number of anilines is 1. The van der Waals surface area contributed by atoms with Crippen molar-refractivity contribution in [1.82, 2.24) is 14.9 Å². The van der Waals surface area contributed by atoms with Crippen LogP contribution in [0.1, 0.15) is 11.1 Å². The minimum absolute atomic E-state index is 0.363. The monoisotopic (exact) mass is 358 g/mol. The minimum atomic E-state index is 0.363. The van der Waals surface area contributed by atoms with Gasteiger partial charge in [0, 0.05) is 21.2 Å². The van der Waals surface area contributed by atoms with E-state index in [0.29, 0.717) is 16.0 Å². The Labute approximate surface area is 148 Å². The molecule has 0 atom stereocenters. The summed E-state index contributed by atoms with van der Waals surface area (Å²) in [6.45, 7) is 0. The van der Waals surface area contributed by atoms with Crippen LogP contribution < -0.4 is 5.43 Å². The van der Waals surface area contributed by atoms with Gasteiger partial charge < -0.3 is 0 Å². The van der Waals surface area contributed by atoms with E-state index in [9.17, 15) is 0 Å². The lowest BCUT2D eigenvalue weighted by molar-refractivity contribution is 0.879. The maximum atomic E-state index is 6.09. The summed E-state index contributed by atoms with van der Waals surface area (Å²) >= 11 is 12.1. The number of halogens is 2. The quantitative estimate of drug-likeness (QED) is 0.555. The Morgan fingerprint density at radius 1 is 0.917 bits per heavy atom. The van der Waals surface area contributed by atoms with Crippen molar-refractivity contribution in [1.29, 1.82) is 0 Å². The van der Waals surface area contributed by atoms with E-state index in [1.54, 1.807) is 24.6 Å². The number of aromatic nitrogens is 3. The number of benzene rings is 2. The SMILES string of the molecule is Clc1ccccc1/C=N\Nc1nncn1/N=C/c1ccccc1Cl. The molecule has 120 valence electrons. The predicted octanol–water partition coefficient (Wildman–Crippen LogP) is 3.91. The van der Waals surface area contributed by atoms with Gasteiger partial charge in [0.2, 0.25) is 0 Å². The minimum Gasteiger partial charge on any atom is -0.244 e. The number of hydrogen-bond donors (Lipinski definition) is 1. The molecule has 6 nitrogen and oxygen atoms in total. The Balaban J connectivity index is 1.72. The second kappa shape index (κ2) is 7.72. The van der Waals surface area contributed by atoms with Gasteiger partial charge in [0.25, 0.3) is 5.95 Å². The first-order valence-electron chi connectivity index (χ1n) is 6.96. The van der Waals surface area contributed by atoms with Gasteiger partial charge in [-0.15, -0.1) is 10.2 Å². The normalized spacial score (nSPS) is 11.4. The van der Waals surface area contributed by atoms with Crippen molar-refractivity contribution in [2.75, 3.05) is 5.43 Å². The summed E-state index contributed by atoms with van der Waals surface area (Å²) in [6.07, 6.45) is 4.68. The van der Waals surface area contributed by atoms with Crippen LogP contribution in [0.15, 0.2) is 65.1 Å². The summed E-state index contributed by atoms with van der Waals surface area (Å²) in [4.78, 5) is 0. The Bertz CT molecular complexity index is 888. The summed E-state index contributed by atoms with van der Waals surface area (Å²) in [5, 5.41) is 17.3. The summed E-state index contributed by atoms with van der Waals surface area (Å²) in [5.41, 5.74) is 4.35. The molecule has 0 radical (unpaired) electrons. The molecule has 0 saturated carbocycles. The van der Waals surface area contributed by atoms with Gasteiger partial charge in [-0.2, -0.15) is 14.9 Å². The van der Waals surface area contributed by atoms with Crippen LogP contribution in [-0.4, -0.2) is 27.3 Å². The molecule has 3 aromatic rings. The van der Waals surface area contributed by atoms with E-state index in [1.165, 1.54) is 11.0 Å². The van der Waals surface area contributed by atoms with Crippen molar-refractivity contribution in [2.45, 2.75) is 0 Å². The van der Waals surface area contributed by atoms with E-state index in [4.69, 9.17) is 23.2 Å². The molecule has 0 fully saturated rings. The average molecular weight is 359 g/mol. The van der Waals surface area contributed by atoms with E-state index in [2.05, 4.69) is 25.8 Å². The van der Waals surface area contributed by atoms with E-state index in [-0.39, 0.29) is 0 Å². The van der Waals surface area contributed by atoms with Crippen molar-refractivity contribution < 1.29 is 0 Å². The summed E-state index contributed by atoms with van der Waals surface area (Å²) in [5.74, 6) is 0.363. The molecule has 0 unspecified atom stereocenters. The lowest BCUT2D eigenvalue weighted by Crippen LogP contribution is -1.99. The fourth-order valence-corrected chi connectivity index (χ4v) is 2.20. The molecule has 2 aromatic carbocycles. The summed E-state index contributed by atoms with van der Waals surface area (Å²) in [6, 6.07) is 14.8. The molecule has 0 amide bonds. The first-order valence-corrected chi connectivity index (χ1v) is 7.72. The van der Waals surface area contributed by atoms with Crippen LogP contribution in [0.5, 0.6) is 0 Å².